The van der Waals surface area contributed by atoms with Crippen molar-refractivity contribution in [1.29, 1.82) is 0 Å². The second-order valence-electron chi connectivity index (χ2n) is 2.72. The van der Waals surface area contributed by atoms with E-state index in [1.807, 2.05) is 0 Å². The van der Waals surface area contributed by atoms with Crippen molar-refractivity contribution in [2.75, 3.05) is 0 Å². The van der Waals surface area contributed by atoms with E-state index in [0.717, 1.165) is 6.07 Å². The Morgan fingerprint density at radius 3 is 2.60 bits per heavy atom. The lowest BCUT2D eigenvalue weighted by Crippen LogP contribution is -2.12. The summed E-state index contributed by atoms with van der Waals surface area (Å²) in [5, 5.41) is 8.58. The van der Waals surface area contributed by atoms with Crippen molar-refractivity contribution in [3.63, 3.8) is 0 Å². The van der Waals surface area contributed by atoms with E-state index in [1.54, 1.807) is 0 Å². The van der Waals surface area contributed by atoms with Gasteiger partial charge in [0.15, 0.2) is 0 Å². The number of furan rings is 1. The van der Waals surface area contributed by atoms with Crippen LogP contribution < -0.4 is 0 Å². The van der Waals surface area contributed by atoms with Gasteiger partial charge in [0.05, 0.1) is 0 Å². The van der Waals surface area contributed by atoms with E-state index in [1.165, 1.54) is 6.92 Å². The number of carboxylic acid groups (broad SMARTS) is 1. The molecule has 1 heterocycles. The van der Waals surface area contributed by atoms with Gasteiger partial charge in [-0.2, -0.15) is 0 Å². The van der Waals surface area contributed by atoms with Gasteiger partial charge in [-0.25, -0.2) is 4.79 Å². The number of hydrogen-bond acceptors (Lipinski definition) is 3. The largest absolute Gasteiger partial charge is 0.522 e. The third kappa shape index (κ3) is 3.28. The molecule has 0 aromatic carbocycles. The minimum atomic E-state index is -4.76. The maximum Gasteiger partial charge on any atom is 0.522 e. The third-order valence-electron chi connectivity index (χ3n) is 1.58. The fourth-order valence-corrected chi connectivity index (χ4v) is 0.980. The first-order chi connectivity index (χ1) is 6.79. The summed E-state index contributed by atoms with van der Waals surface area (Å²) in [6, 6.07) is 1.00. The molecule has 0 spiro atoms. The molecule has 0 bridgehead atoms. The molecule has 1 N–H and O–H groups in total. The van der Waals surface area contributed by atoms with Crippen LogP contribution >= 0.6 is 0 Å². The molecule has 15 heavy (non-hydrogen) atoms. The third-order valence-corrected chi connectivity index (χ3v) is 1.58. The monoisotopic (exact) mass is 224 g/mol. The molecule has 0 radical (unpaired) electrons. The van der Waals surface area contributed by atoms with Gasteiger partial charge < -0.3 is 9.52 Å². The molecular formula is C8H7F3O4. The van der Waals surface area contributed by atoms with Crippen LogP contribution in [0.25, 0.3) is 0 Å². The number of carbonyl (C=O) groups is 1. The van der Waals surface area contributed by atoms with Crippen molar-refractivity contribution in [1.82, 2.24) is 0 Å². The predicted molar refractivity (Wildman–Crippen MR) is 41.2 cm³/mol. The first-order valence-corrected chi connectivity index (χ1v) is 3.83. The molecule has 7 heteroatoms. The van der Waals surface area contributed by atoms with Gasteiger partial charge in [-0.1, -0.05) is 0 Å². The second-order valence-corrected chi connectivity index (χ2v) is 2.72. The molecule has 0 aliphatic rings. The Labute approximate surface area is 82.3 Å². The minimum absolute atomic E-state index is 0.0447. The molecule has 84 valence electrons. The highest BCUT2D eigenvalue weighted by molar-refractivity contribution is 5.88. The van der Waals surface area contributed by atoms with Crippen LogP contribution in [0.2, 0.25) is 0 Å². The Morgan fingerprint density at radius 2 is 2.20 bits per heavy atom. The van der Waals surface area contributed by atoms with E-state index in [-0.39, 0.29) is 17.1 Å². The first kappa shape index (κ1) is 11.6. The molecule has 1 aromatic heterocycles. The predicted octanol–water partition coefficient (Wildman–Crippen LogP) is 2.32. The average Bonchev–Trinajstić information content (AvgIpc) is 2.42. The normalized spacial score (nSPS) is 11.7. The zero-order chi connectivity index (χ0) is 11.6. The van der Waals surface area contributed by atoms with Gasteiger partial charge in [0.25, 0.3) is 0 Å². The Hall–Kier alpha value is -1.50. The number of alkyl halides is 3. The van der Waals surface area contributed by atoms with Crippen molar-refractivity contribution < 1.29 is 32.2 Å². The van der Waals surface area contributed by atoms with Crippen LogP contribution in [-0.4, -0.2) is 17.4 Å². The molecule has 0 saturated heterocycles. The zero-order valence-corrected chi connectivity index (χ0v) is 7.59. The Morgan fingerprint density at radius 1 is 1.60 bits per heavy atom. The van der Waals surface area contributed by atoms with Crippen molar-refractivity contribution in [2.24, 2.45) is 0 Å². The molecular weight excluding hydrogens is 217 g/mol. The standard InChI is InChI=1S/C8H7F3O4/c1-4-6(7(12)13)2-5(15-4)3-14-8(9,10)11/h2H,3H2,1H3,(H,12,13). The fourth-order valence-electron chi connectivity index (χ4n) is 0.980. The summed E-state index contributed by atoms with van der Waals surface area (Å²) in [6.07, 6.45) is -4.76. The molecule has 0 saturated carbocycles. The van der Waals surface area contributed by atoms with Gasteiger partial charge in [-0.15, -0.1) is 13.2 Å². The van der Waals surface area contributed by atoms with E-state index in [4.69, 9.17) is 9.52 Å². The van der Waals surface area contributed by atoms with Crippen molar-refractivity contribution in [2.45, 2.75) is 19.9 Å². The van der Waals surface area contributed by atoms with E-state index >= 15 is 0 Å². The Kier molecular flexibility index (Phi) is 3.04. The summed E-state index contributed by atoms with van der Waals surface area (Å²) in [4.78, 5) is 10.5. The van der Waals surface area contributed by atoms with Gasteiger partial charge in [0.2, 0.25) is 0 Å². The van der Waals surface area contributed by atoms with Crippen LogP contribution in [0, 0.1) is 6.92 Å². The number of aromatic carboxylic acids is 1. The molecule has 0 atom stereocenters. The summed E-state index contributed by atoms with van der Waals surface area (Å²) in [5.74, 6) is -1.39. The lowest BCUT2D eigenvalue weighted by atomic mass is 10.2. The Balaban J connectivity index is 2.72. The molecule has 4 nitrogen and oxygen atoms in total. The quantitative estimate of drug-likeness (QED) is 0.855. The van der Waals surface area contributed by atoms with Gasteiger partial charge in [0, 0.05) is 0 Å². The van der Waals surface area contributed by atoms with Crippen molar-refractivity contribution in [3.05, 3.63) is 23.2 Å². The van der Waals surface area contributed by atoms with Gasteiger partial charge in [-0.05, 0) is 13.0 Å². The highest BCUT2D eigenvalue weighted by atomic mass is 19.4. The van der Waals surface area contributed by atoms with Crippen molar-refractivity contribution >= 4 is 5.97 Å². The molecule has 0 amide bonds. The maximum absolute atomic E-state index is 11.6. The fraction of sp³-hybridized carbons (Fsp3) is 0.375. The number of ether oxygens (including phenoxy) is 1. The first-order valence-electron chi connectivity index (χ1n) is 3.83. The highest BCUT2D eigenvalue weighted by Gasteiger charge is 2.29. The smallest absolute Gasteiger partial charge is 0.478 e. The number of rotatable bonds is 3. The van der Waals surface area contributed by atoms with Gasteiger partial charge in [-0.3, -0.25) is 4.74 Å². The van der Waals surface area contributed by atoms with Crippen molar-refractivity contribution in [3.8, 4) is 0 Å². The number of hydrogen-bond donors (Lipinski definition) is 1. The van der Waals surface area contributed by atoms with Crippen LogP contribution in [0.4, 0.5) is 13.2 Å². The van der Waals surface area contributed by atoms with E-state index in [9.17, 15) is 18.0 Å². The lowest BCUT2D eigenvalue weighted by molar-refractivity contribution is -0.331. The van der Waals surface area contributed by atoms with Crippen LogP contribution in [-0.2, 0) is 11.3 Å². The minimum Gasteiger partial charge on any atom is -0.478 e. The summed E-state index contributed by atoms with van der Waals surface area (Å²) >= 11 is 0. The summed E-state index contributed by atoms with van der Waals surface area (Å²) in [6.45, 7) is 0.512. The van der Waals surface area contributed by atoms with Crippen LogP contribution in [0.15, 0.2) is 10.5 Å². The lowest BCUT2D eigenvalue weighted by Gasteiger charge is -2.04. The van der Waals surface area contributed by atoms with Gasteiger partial charge in [0.1, 0.15) is 23.7 Å². The van der Waals surface area contributed by atoms with Crippen LogP contribution in [0.3, 0.4) is 0 Å². The number of halogens is 3. The zero-order valence-electron chi connectivity index (χ0n) is 7.59. The topological polar surface area (TPSA) is 59.7 Å². The average molecular weight is 224 g/mol. The molecule has 0 fully saturated rings. The number of aryl methyl sites for hydroxylation is 1. The second kappa shape index (κ2) is 3.93. The van der Waals surface area contributed by atoms with E-state index in [2.05, 4.69) is 4.74 Å². The van der Waals surface area contributed by atoms with Crippen LogP contribution in [0.5, 0.6) is 0 Å². The Bertz CT molecular complexity index is 366. The molecule has 1 aromatic rings. The van der Waals surface area contributed by atoms with Gasteiger partial charge >= 0.3 is 12.3 Å². The summed E-state index contributed by atoms with van der Waals surface area (Å²) in [7, 11) is 0. The summed E-state index contributed by atoms with van der Waals surface area (Å²) < 4.78 is 43.1. The maximum atomic E-state index is 11.6. The molecule has 0 unspecified atom stereocenters. The van der Waals surface area contributed by atoms with Crippen LogP contribution in [0.1, 0.15) is 21.9 Å². The molecule has 0 aliphatic carbocycles. The molecule has 1 rings (SSSR count). The highest BCUT2D eigenvalue weighted by Crippen LogP contribution is 2.21. The van der Waals surface area contributed by atoms with E-state index < -0.39 is 18.9 Å². The summed E-state index contributed by atoms with van der Waals surface area (Å²) in [5.41, 5.74) is -0.171. The SMILES string of the molecule is Cc1oc(COC(F)(F)F)cc1C(=O)O. The number of carboxylic acids is 1. The van der Waals surface area contributed by atoms with E-state index in [0.29, 0.717) is 0 Å². The molecule has 0 aliphatic heterocycles.